The van der Waals surface area contributed by atoms with Crippen LogP contribution in [0.25, 0.3) is 21.1 Å². The van der Waals surface area contributed by atoms with Crippen molar-refractivity contribution in [3.05, 3.63) is 40.3 Å². The molecule has 0 N–H and O–H groups in total. The largest absolute Gasteiger partial charge is 0.345 e. The summed E-state index contributed by atoms with van der Waals surface area (Å²) in [5.74, 6) is 0. The summed E-state index contributed by atoms with van der Waals surface area (Å²) in [5, 5.41) is 5.43. The van der Waals surface area contributed by atoms with Crippen molar-refractivity contribution in [1.29, 1.82) is 0 Å². The van der Waals surface area contributed by atoms with Gasteiger partial charge in [-0.25, -0.2) is 4.98 Å². The fourth-order valence-electron chi connectivity index (χ4n) is 2.84. The molecular formula is C16H16N2S2. The van der Waals surface area contributed by atoms with Crippen LogP contribution in [0.15, 0.2) is 29.0 Å². The predicted molar refractivity (Wildman–Crippen MR) is 86.6 cm³/mol. The van der Waals surface area contributed by atoms with Gasteiger partial charge in [0.05, 0.1) is 10.6 Å². The number of thiophene rings is 1. The van der Waals surface area contributed by atoms with Crippen LogP contribution in [0.2, 0.25) is 0 Å². The van der Waals surface area contributed by atoms with Gasteiger partial charge in [-0.2, -0.15) is 0 Å². The van der Waals surface area contributed by atoms with Crippen molar-refractivity contribution >= 4 is 22.7 Å². The van der Waals surface area contributed by atoms with Crippen molar-refractivity contribution in [3.63, 3.8) is 0 Å². The van der Waals surface area contributed by atoms with Crippen molar-refractivity contribution < 1.29 is 0 Å². The van der Waals surface area contributed by atoms with E-state index in [0.717, 1.165) is 16.7 Å². The highest BCUT2D eigenvalue weighted by Crippen LogP contribution is 2.41. The molecule has 0 radical (unpaired) electrons. The second kappa shape index (κ2) is 4.57. The Morgan fingerprint density at radius 2 is 2.10 bits per heavy atom. The van der Waals surface area contributed by atoms with E-state index in [1.165, 1.54) is 34.7 Å². The fourth-order valence-corrected chi connectivity index (χ4v) is 4.48. The van der Waals surface area contributed by atoms with E-state index < -0.39 is 0 Å². The van der Waals surface area contributed by atoms with E-state index in [0.29, 0.717) is 0 Å². The van der Waals surface area contributed by atoms with E-state index in [9.17, 15) is 0 Å². The minimum atomic E-state index is 0.735. The minimum absolute atomic E-state index is 0.735. The molecule has 0 aromatic carbocycles. The SMILES string of the molecule is Cc1cc(-c2csc(-c3cccs3)n2)c(C)n1C1CC1. The summed E-state index contributed by atoms with van der Waals surface area (Å²) in [6, 6.07) is 7.25. The number of nitrogens with zero attached hydrogens (tertiary/aromatic N) is 2. The molecule has 1 aliphatic rings. The Morgan fingerprint density at radius 1 is 1.25 bits per heavy atom. The summed E-state index contributed by atoms with van der Waals surface area (Å²) in [6.07, 6.45) is 2.65. The summed E-state index contributed by atoms with van der Waals surface area (Å²) >= 11 is 3.49. The summed E-state index contributed by atoms with van der Waals surface area (Å²) in [6.45, 7) is 4.44. The van der Waals surface area contributed by atoms with E-state index >= 15 is 0 Å². The molecule has 3 heterocycles. The van der Waals surface area contributed by atoms with Gasteiger partial charge in [0.25, 0.3) is 0 Å². The Balaban J connectivity index is 1.76. The molecule has 1 fully saturated rings. The van der Waals surface area contributed by atoms with Gasteiger partial charge in [0.1, 0.15) is 5.01 Å². The van der Waals surface area contributed by atoms with Gasteiger partial charge < -0.3 is 4.57 Å². The Kier molecular flexibility index (Phi) is 2.82. The molecule has 1 aliphatic carbocycles. The van der Waals surface area contributed by atoms with Crippen LogP contribution in [-0.2, 0) is 0 Å². The third-order valence-corrected chi connectivity index (χ3v) is 5.79. The van der Waals surface area contributed by atoms with Crippen LogP contribution in [0.5, 0.6) is 0 Å². The highest BCUT2D eigenvalue weighted by molar-refractivity contribution is 7.20. The molecule has 4 rings (SSSR count). The number of aryl methyl sites for hydroxylation is 1. The molecule has 3 aromatic heterocycles. The van der Waals surface area contributed by atoms with Crippen molar-refractivity contribution in [1.82, 2.24) is 9.55 Å². The lowest BCUT2D eigenvalue weighted by Gasteiger charge is -2.06. The molecule has 0 aliphatic heterocycles. The standard InChI is InChI=1S/C16H16N2S2/c1-10-8-13(11(2)18(10)12-5-6-12)14-9-20-16(17-14)15-4-3-7-19-15/h3-4,7-9,12H,5-6H2,1-2H3. The predicted octanol–water partition coefficient (Wildman–Crippen LogP) is 5.29. The molecule has 1 saturated carbocycles. The van der Waals surface area contributed by atoms with Crippen LogP contribution in [0.4, 0.5) is 0 Å². The highest BCUT2D eigenvalue weighted by Gasteiger charge is 2.27. The van der Waals surface area contributed by atoms with Gasteiger partial charge in [0.2, 0.25) is 0 Å². The van der Waals surface area contributed by atoms with Crippen molar-refractivity contribution in [2.24, 2.45) is 0 Å². The molecule has 4 heteroatoms. The molecule has 0 bridgehead atoms. The topological polar surface area (TPSA) is 17.8 Å². The molecule has 2 nitrogen and oxygen atoms in total. The number of hydrogen-bond acceptors (Lipinski definition) is 3. The Morgan fingerprint density at radius 3 is 2.80 bits per heavy atom. The Labute approximate surface area is 126 Å². The summed E-state index contributed by atoms with van der Waals surface area (Å²) in [4.78, 5) is 6.09. The van der Waals surface area contributed by atoms with E-state index in [1.54, 1.807) is 22.7 Å². The van der Waals surface area contributed by atoms with Crippen LogP contribution >= 0.6 is 22.7 Å². The lowest BCUT2D eigenvalue weighted by molar-refractivity contribution is 0.700. The average molecular weight is 300 g/mol. The van der Waals surface area contributed by atoms with Gasteiger partial charge in [-0.05, 0) is 44.2 Å². The van der Waals surface area contributed by atoms with Gasteiger partial charge in [0, 0.05) is 28.4 Å². The first kappa shape index (κ1) is 12.4. The maximum absolute atomic E-state index is 4.83. The van der Waals surface area contributed by atoms with Crippen molar-refractivity contribution in [3.8, 4) is 21.1 Å². The molecule has 102 valence electrons. The number of thiazole rings is 1. The Hall–Kier alpha value is -1.39. The fraction of sp³-hybridized carbons (Fsp3) is 0.312. The molecule has 0 saturated heterocycles. The molecular weight excluding hydrogens is 284 g/mol. The number of rotatable bonds is 3. The van der Waals surface area contributed by atoms with E-state index in [-0.39, 0.29) is 0 Å². The zero-order valence-electron chi connectivity index (χ0n) is 11.6. The maximum atomic E-state index is 4.83. The van der Waals surface area contributed by atoms with Crippen LogP contribution < -0.4 is 0 Å². The quantitative estimate of drug-likeness (QED) is 0.642. The molecule has 0 unspecified atom stereocenters. The summed E-state index contributed by atoms with van der Waals surface area (Å²) < 4.78 is 2.49. The van der Waals surface area contributed by atoms with Crippen molar-refractivity contribution in [2.45, 2.75) is 32.7 Å². The third kappa shape index (κ3) is 1.95. The zero-order valence-corrected chi connectivity index (χ0v) is 13.2. The smallest absolute Gasteiger partial charge is 0.134 e. The first-order valence-corrected chi connectivity index (χ1v) is 8.68. The normalized spacial score (nSPS) is 14.9. The van der Waals surface area contributed by atoms with Gasteiger partial charge >= 0.3 is 0 Å². The minimum Gasteiger partial charge on any atom is -0.345 e. The first-order valence-electron chi connectivity index (χ1n) is 6.92. The second-order valence-corrected chi connectivity index (χ2v) is 7.21. The number of hydrogen-bond donors (Lipinski definition) is 0. The molecule has 0 atom stereocenters. The molecule has 20 heavy (non-hydrogen) atoms. The van der Waals surface area contributed by atoms with Gasteiger partial charge in [-0.1, -0.05) is 6.07 Å². The van der Waals surface area contributed by atoms with Crippen LogP contribution in [0, 0.1) is 13.8 Å². The van der Waals surface area contributed by atoms with E-state index in [1.807, 2.05) is 0 Å². The van der Waals surface area contributed by atoms with Crippen LogP contribution in [0.1, 0.15) is 30.3 Å². The van der Waals surface area contributed by atoms with E-state index in [2.05, 4.69) is 47.4 Å². The third-order valence-electron chi connectivity index (χ3n) is 3.91. The van der Waals surface area contributed by atoms with Gasteiger partial charge in [0.15, 0.2) is 0 Å². The highest BCUT2D eigenvalue weighted by atomic mass is 32.1. The maximum Gasteiger partial charge on any atom is 0.134 e. The zero-order chi connectivity index (χ0) is 13.7. The molecule has 3 aromatic rings. The van der Waals surface area contributed by atoms with Crippen LogP contribution in [-0.4, -0.2) is 9.55 Å². The Bertz CT molecular complexity index is 746. The lowest BCUT2D eigenvalue weighted by atomic mass is 10.2. The van der Waals surface area contributed by atoms with E-state index in [4.69, 9.17) is 4.98 Å². The van der Waals surface area contributed by atoms with Gasteiger partial charge in [-0.3, -0.25) is 0 Å². The average Bonchev–Trinajstić information content (AvgIpc) is 2.89. The second-order valence-electron chi connectivity index (χ2n) is 5.40. The first-order chi connectivity index (χ1) is 9.74. The van der Waals surface area contributed by atoms with Crippen LogP contribution in [0.3, 0.4) is 0 Å². The lowest BCUT2D eigenvalue weighted by Crippen LogP contribution is -1.98. The number of aromatic nitrogens is 2. The summed E-state index contributed by atoms with van der Waals surface area (Å²) in [7, 11) is 0. The molecule has 0 spiro atoms. The van der Waals surface area contributed by atoms with Gasteiger partial charge in [-0.15, -0.1) is 22.7 Å². The summed E-state index contributed by atoms with van der Waals surface area (Å²) in [5.41, 5.74) is 5.16. The molecule has 0 amide bonds. The van der Waals surface area contributed by atoms with Crippen molar-refractivity contribution in [2.75, 3.05) is 0 Å². The monoisotopic (exact) mass is 300 g/mol.